The Morgan fingerprint density at radius 2 is 2.25 bits per heavy atom. The van der Waals surface area contributed by atoms with E-state index in [1.807, 2.05) is 23.8 Å². The van der Waals surface area contributed by atoms with Crippen LogP contribution in [0.15, 0.2) is 18.5 Å². The van der Waals surface area contributed by atoms with Crippen LogP contribution in [0.5, 0.6) is 0 Å². The zero-order chi connectivity index (χ0) is 11.7. The summed E-state index contributed by atoms with van der Waals surface area (Å²) in [6.07, 6.45) is 3.02. The smallest absolute Gasteiger partial charge is 0.146 e. The molecule has 0 bridgehead atoms. The number of aryl methyl sites for hydroxylation is 3. The number of nitrogens with zero attached hydrogens (tertiary/aromatic N) is 2. The first-order valence-electron chi connectivity index (χ1n) is 5.39. The highest BCUT2D eigenvalue weighted by Crippen LogP contribution is 2.29. The van der Waals surface area contributed by atoms with Gasteiger partial charge in [-0.25, -0.2) is 4.98 Å². The van der Waals surface area contributed by atoms with Crippen molar-refractivity contribution >= 4 is 11.3 Å². The van der Waals surface area contributed by atoms with E-state index in [0.717, 1.165) is 17.2 Å². The molecule has 0 spiro atoms. The maximum atomic E-state index is 10.3. The highest BCUT2D eigenvalue weighted by atomic mass is 32.1. The number of aliphatic hydroxyl groups is 1. The van der Waals surface area contributed by atoms with Gasteiger partial charge in [-0.05, 0) is 32.4 Å². The summed E-state index contributed by atoms with van der Waals surface area (Å²) in [4.78, 5) is 6.44. The van der Waals surface area contributed by atoms with Crippen molar-refractivity contribution in [1.29, 1.82) is 0 Å². The zero-order valence-corrected chi connectivity index (χ0v) is 10.6. The first-order valence-corrected chi connectivity index (χ1v) is 6.21. The Morgan fingerprint density at radius 1 is 1.50 bits per heavy atom. The third-order valence-corrected chi connectivity index (χ3v) is 3.99. The molecule has 2 aromatic heterocycles. The molecule has 0 fully saturated rings. The average molecular weight is 236 g/mol. The Morgan fingerprint density at radius 3 is 2.81 bits per heavy atom. The summed E-state index contributed by atoms with van der Waals surface area (Å²) < 4.78 is 1.97. The van der Waals surface area contributed by atoms with Crippen LogP contribution in [0, 0.1) is 13.8 Å². The third kappa shape index (κ3) is 1.90. The summed E-state index contributed by atoms with van der Waals surface area (Å²) in [7, 11) is 0. The zero-order valence-electron chi connectivity index (χ0n) is 9.77. The second-order valence-corrected chi connectivity index (χ2v) is 5.15. The fourth-order valence-corrected chi connectivity index (χ4v) is 2.73. The molecule has 0 radical (unpaired) electrons. The normalized spacial score (nSPS) is 13.0. The van der Waals surface area contributed by atoms with Crippen molar-refractivity contribution in [3.8, 4) is 0 Å². The van der Waals surface area contributed by atoms with Crippen LogP contribution >= 0.6 is 11.3 Å². The molecule has 1 atom stereocenters. The van der Waals surface area contributed by atoms with Gasteiger partial charge in [-0.15, -0.1) is 11.3 Å². The van der Waals surface area contributed by atoms with Gasteiger partial charge in [0.1, 0.15) is 11.9 Å². The van der Waals surface area contributed by atoms with Crippen LogP contribution in [0.4, 0.5) is 0 Å². The Labute approximate surface area is 99.4 Å². The second kappa shape index (κ2) is 4.39. The van der Waals surface area contributed by atoms with Crippen molar-refractivity contribution in [1.82, 2.24) is 9.55 Å². The molecule has 2 rings (SSSR count). The van der Waals surface area contributed by atoms with Crippen LogP contribution in [0.3, 0.4) is 0 Å². The lowest BCUT2D eigenvalue weighted by molar-refractivity contribution is 0.208. The minimum absolute atomic E-state index is 0.604. The first-order chi connectivity index (χ1) is 7.63. The SMILES string of the molecule is CCn1ccnc1C(O)c1cc(C)c(C)s1. The van der Waals surface area contributed by atoms with E-state index in [9.17, 15) is 5.11 Å². The minimum atomic E-state index is -0.604. The molecule has 0 aliphatic heterocycles. The molecule has 16 heavy (non-hydrogen) atoms. The van der Waals surface area contributed by atoms with Crippen molar-refractivity contribution in [2.75, 3.05) is 0 Å². The summed E-state index contributed by atoms with van der Waals surface area (Å²) in [5, 5.41) is 10.3. The van der Waals surface area contributed by atoms with E-state index in [1.54, 1.807) is 17.5 Å². The van der Waals surface area contributed by atoms with Crippen molar-refractivity contribution < 1.29 is 5.11 Å². The van der Waals surface area contributed by atoms with E-state index < -0.39 is 6.10 Å². The number of aliphatic hydroxyl groups excluding tert-OH is 1. The predicted octanol–water partition coefficient (Wildman–Crippen LogP) is 2.66. The summed E-state index contributed by atoms with van der Waals surface area (Å²) in [6, 6.07) is 2.04. The molecule has 2 heterocycles. The number of imidazole rings is 1. The number of hydrogen-bond donors (Lipinski definition) is 1. The molecule has 4 heteroatoms. The van der Waals surface area contributed by atoms with E-state index in [4.69, 9.17) is 0 Å². The third-order valence-electron chi connectivity index (χ3n) is 2.79. The highest BCUT2D eigenvalue weighted by Gasteiger charge is 2.18. The maximum absolute atomic E-state index is 10.3. The molecule has 0 aromatic carbocycles. The van der Waals surface area contributed by atoms with Gasteiger partial charge in [0, 0.05) is 28.7 Å². The number of aromatic nitrogens is 2. The lowest BCUT2D eigenvalue weighted by Crippen LogP contribution is -2.07. The Kier molecular flexibility index (Phi) is 3.12. The molecule has 0 saturated carbocycles. The standard InChI is InChI=1S/C12H16N2OS/c1-4-14-6-5-13-12(14)11(15)10-7-8(2)9(3)16-10/h5-7,11,15H,4H2,1-3H3. The Bertz CT molecular complexity index is 467. The van der Waals surface area contributed by atoms with Crippen LogP contribution in [-0.4, -0.2) is 14.7 Å². The molecule has 1 N–H and O–H groups in total. The van der Waals surface area contributed by atoms with Crippen molar-refractivity contribution in [2.45, 2.75) is 33.4 Å². The second-order valence-electron chi connectivity index (χ2n) is 3.86. The molecule has 0 aliphatic carbocycles. The highest BCUT2D eigenvalue weighted by molar-refractivity contribution is 7.12. The van der Waals surface area contributed by atoms with Gasteiger partial charge in [0.05, 0.1) is 0 Å². The molecule has 0 saturated heterocycles. The molecule has 0 aliphatic rings. The molecule has 0 amide bonds. The van der Waals surface area contributed by atoms with E-state index >= 15 is 0 Å². The molecule has 1 unspecified atom stereocenters. The largest absolute Gasteiger partial charge is 0.380 e. The van der Waals surface area contributed by atoms with Gasteiger partial charge >= 0.3 is 0 Å². The lowest BCUT2D eigenvalue weighted by atomic mass is 10.2. The molecular formula is C12H16N2OS. The summed E-state index contributed by atoms with van der Waals surface area (Å²) in [5.74, 6) is 0.726. The van der Waals surface area contributed by atoms with Crippen LogP contribution in [0.1, 0.15) is 34.2 Å². The van der Waals surface area contributed by atoms with E-state index in [0.29, 0.717) is 0 Å². The van der Waals surface area contributed by atoms with Gasteiger partial charge in [-0.2, -0.15) is 0 Å². The van der Waals surface area contributed by atoms with Crippen molar-refractivity contribution in [3.63, 3.8) is 0 Å². The van der Waals surface area contributed by atoms with Crippen molar-refractivity contribution in [3.05, 3.63) is 39.6 Å². The van der Waals surface area contributed by atoms with Crippen LogP contribution < -0.4 is 0 Å². The van der Waals surface area contributed by atoms with Gasteiger partial charge in [0.2, 0.25) is 0 Å². The van der Waals surface area contributed by atoms with E-state index in [1.165, 1.54) is 10.4 Å². The average Bonchev–Trinajstić information content (AvgIpc) is 2.85. The Hall–Kier alpha value is -1.13. The lowest BCUT2D eigenvalue weighted by Gasteiger charge is -2.09. The maximum Gasteiger partial charge on any atom is 0.146 e. The monoisotopic (exact) mass is 236 g/mol. The summed E-state index contributed by atoms with van der Waals surface area (Å²) in [6.45, 7) is 7.01. The van der Waals surface area contributed by atoms with Gasteiger partial charge in [-0.3, -0.25) is 0 Å². The number of hydrogen-bond acceptors (Lipinski definition) is 3. The van der Waals surface area contributed by atoms with Gasteiger partial charge < -0.3 is 9.67 Å². The van der Waals surface area contributed by atoms with Gasteiger partial charge in [0.25, 0.3) is 0 Å². The topological polar surface area (TPSA) is 38.0 Å². The number of thiophene rings is 1. The molecule has 86 valence electrons. The summed E-state index contributed by atoms with van der Waals surface area (Å²) in [5.41, 5.74) is 1.23. The van der Waals surface area contributed by atoms with Crippen LogP contribution in [-0.2, 0) is 6.54 Å². The quantitative estimate of drug-likeness (QED) is 0.889. The fraction of sp³-hybridized carbons (Fsp3) is 0.417. The van der Waals surface area contributed by atoms with Gasteiger partial charge in [0.15, 0.2) is 0 Å². The fourth-order valence-electron chi connectivity index (χ4n) is 1.70. The van der Waals surface area contributed by atoms with E-state index in [-0.39, 0.29) is 0 Å². The van der Waals surface area contributed by atoms with Crippen LogP contribution in [0.2, 0.25) is 0 Å². The molecular weight excluding hydrogens is 220 g/mol. The van der Waals surface area contributed by atoms with Crippen molar-refractivity contribution in [2.24, 2.45) is 0 Å². The van der Waals surface area contributed by atoms with E-state index in [2.05, 4.69) is 18.8 Å². The molecule has 3 nitrogen and oxygen atoms in total. The molecule has 2 aromatic rings. The first kappa shape index (κ1) is 11.4. The van der Waals surface area contributed by atoms with Gasteiger partial charge in [-0.1, -0.05) is 0 Å². The van der Waals surface area contributed by atoms with Crippen LogP contribution in [0.25, 0.3) is 0 Å². The summed E-state index contributed by atoms with van der Waals surface area (Å²) >= 11 is 1.64. The minimum Gasteiger partial charge on any atom is -0.380 e. The Balaban J connectivity index is 2.35. The number of rotatable bonds is 3. The predicted molar refractivity (Wildman–Crippen MR) is 65.8 cm³/mol.